The molecule has 0 aromatic heterocycles. The zero-order valence-corrected chi connectivity index (χ0v) is 18.4. The molecule has 2 unspecified atom stereocenters. The summed E-state index contributed by atoms with van der Waals surface area (Å²) in [6.45, 7) is 2.15. The molecule has 1 saturated heterocycles. The molecule has 3 atom stereocenters. The number of benzene rings is 2. The topological polar surface area (TPSA) is 86.7 Å². The van der Waals surface area contributed by atoms with E-state index in [1.807, 2.05) is 48.5 Å². The maximum atomic E-state index is 13.2. The lowest BCUT2D eigenvalue weighted by molar-refractivity contribution is -0.150. The molecule has 0 bridgehead atoms. The Morgan fingerprint density at radius 3 is 2.39 bits per heavy atom. The Labute approximate surface area is 187 Å². The first-order valence-electron chi connectivity index (χ1n) is 10.5. The SMILES string of the molecule is CC(C(=O)N1CCC[C@H]1C(=O)O)C(CSCc1ccccc1)C(=O)Nc1ccccc1. The van der Waals surface area contributed by atoms with Crippen LogP contribution in [0.5, 0.6) is 0 Å². The maximum Gasteiger partial charge on any atom is 0.326 e. The molecule has 6 nitrogen and oxygen atoms in total. The second-order valence-electron chi connectivity index (χ2n) is 7.78. The van der Waals surface area contributed by atoms with E-state index in [9.17, 15) is 19.5 Å². The summed E-state index contributed by atoms with van der Waals surface area (Å²) in [5.74, 6) is -1.47. The Hall–Kier alpha value is -2.80. The first kappa shape index (κ1) is 22.9. The van der Waals surface area contributed by atoms with Gasteiger partial charge >= 0.3 is 5.97 Å². The number of amides is 2. The molecule has 2 aromatic rings. The van der Waals surface area contributed by atoms with E-state index >= 15 is 0 Å². The van der Waals surface area contributed by atoms with E-state index in [1.54, 1.807) is 30.8 Å². The fourth-order valence-corrected chi connectivity index (χ4v) is 5.04. The number of nitrogens with zero attached hydrogens (tertiary/aromatic N) is 1. The molecule has 2 N–H and O–H groups in total. The van der Waals surface area contributed by atoms with Crippen molar-refractivity contribution in [1.29, 1.82) is 0 Å². The van der Waals surface area contributed by atoms with E-state index in [0.29, 0.717) is 30.8 Å². The standard InChI is InChI=1S/C24H28N2O4S/c1-17(23(28)26-14-8-13-21(26)24(29)30)20(16-31-15-18-9-4-2-5-10-18)22(27)25-19-11-6-3-7-12-19/h2-7,9-12,17,20-21H,8,13-16H2,1H3,(H,25,27)(H,29,30)/t17?,20?,21-/m0/s1. The molecule has 0 spiro atoms. The molecule has 1 heterocycles. The van der Waals surface area contributed by atoms with Crippen LogP contribution in [0.25, 0.3) is 0 Å². The lowest BCUT2D eigenvalue weighted by atomic mass is 9.93. The monoisotopic (exact) mass is 440 g/mol. The number of hydrogen-bond acceptors (Lipinski definition) is 4. The summed E-state index contributed by atoms with van der Waals surface area (Å²) in [7, 11) is 0. The number of rotatable bonds is 9. The average molecular weight is 441 g/mol. The van der Waals surface area contributed by atoms with E-state index < -0.39 is 23.8 Å². The third kappa shape index (κ3) is 6.10. The largest absolute Gasteiger partial charge is 0.480 e. The van der Waals surface area contributed by atoms with Gasteiger partial charge in [0.15, 0.2) is 0 Å². The molecule has 0 radical (unpaired) electrons. The number of carboxylic acids is 1. The summed E-state index contributed by atoms with van der Waals surface area (Å²) in [5.41, 5.74) is 1.83. The lowest BCUT2D eigenvalue weighted by Crippen LogP contribution is -2.46. The molecule has 31 heavy (non-hydrogen) atoms. The van der Waals surface area contributed by atoms with Crippen LogP contribution in [0.3, 0.4) is 0 Å². The minimum Gasteiger partial charge on any atom is -0.480 e. The van der Waals surface area contributed by atoms with Gasteiger partial charge in [-0.2, -0.15) is 11.8 Å². The van der Waals surface area contributed by atoms with Crippen molar-refractivity contribution in [3.05, 3.63) is 66.2 Å². The summed E-state index contributed by atoms with van der Waals surface area (Å²) >= 11 is 1.60. The molecule has 2 aromatic carbocycles. The van der Waals surface area contributed by atoms with Gasteiger partial charge in [-0.1, -0.05) is 55.5 Å². The number of hydrogen-bond donors (Lipinski definition) is 2. The molecule has 1 aliphatic rings. The highest BCUT2D eigenvalue weighted by molar-refractivity contribution is 7.98. The van der Waals surface area contributed by atoms with Crippen molar-refractivity contribution in [1.82, 2.24) is 4.90 Å². The lowest BCUT2D eigenvalue weighted by Gasteiger charge is -2.29. The smallest absolute Gasteiger partial charge is 0.326 e. The fourth-order valence-electron chi connectivity index (χ4n) is 3.80. The number of aliphatic carboxylic acids is 1. The molecule has 0 aliphatic carbocycles. The molecular formula is C24H28N2O4S. The van der Waals surface area contributed by atoms with Crippen molar-refractivity contribution in [2.75, 3.05) is 17.6 Å². The van der Waals surface area contributed by atoms with Gasteiger partial charge in [0.2, 0.25) is 11.8 Å². The Kier molecular flexibility index (Phi) is 8.12. The number of para-hydroxylation sites is 1. The second kappa shape index (κ2) is 11.0. The van der Waals surface area contributed by atoms with Crippen LogP contribution in [-0.2, 0) is 20.1 Å². The van der Waals surface area contributed by atoms with E-state index in [2.05, 4.69) is 5.32 Å². The van der Waals surface area contributed by atoms with Crippen LogP contribution < -0.4 is 5.32 Å². The molecule has 1 aliphatic heterocycles. The van der Waals surface area contributed by atoms with Gasteiger partial charge in [-0.05, 0) is 30.5 Å². The van der Waals surface area contributed by atoms with Gasteiger partial charge in [0.25, 0.3) is 0 Å². The molecule has 0 saturated carbocycles. The zero-order valence-electron chi connectivity index (χ0n) is 17.6. The average Bonchev–Trinajstić information content (AvgIpc) is 3.27. The second-order valence-corrected chi connectivity index (χ2v) is 8.81. The van der Waals surface area contributed by atoms with Gasteiger partial charge in [0.1, 0.15) is 6.04 Å². The Balaban J connectivity index is 1.72. The van der Waals surface area contributed by atoms with Crippen LogP contribution >= 0.6 is 11.8 Å². The van der Waals surface area contributed by atoms with Crippen LogP contribution in [0, 0.1) is 11.8 Å². The highest BCUT2D eigenvalue weighted by atomic mass is 32.2. The van der Waals surface area contributed by atoms with Gasteiger partial charge in [-0.15, -0.1) is 0 Å². The van der Waals surface area contributed by atoms with Crippen molar-refractivity contribution >= 4 is 35.2 Å². The van der Waals surface area contributed by atoms with E-state index in [4.69, 9.17) is 0 Å². The number of likely N-dealkylation sites (tertiary alicyclic amines) is 1. The van der Waals surface area contributed by atoms with Gasteiger partial charge in [0, 0.05) is 29.7 Å². The highest BCUT2D eigenvalue weighted by Crippen LogP contribution is 2.27. The Morgan fingerprint density at radius 1 is 1.10 bits per heavy atom. The predicted molar refractivity (Wildman–Crippen MR) is 123 cm³/mol. The summed E-state index contributed by atoms with van der Waals surface area (Å²) in [6, 6.07) is 18.3. The third-order valence-electron chi connectivity index (χ3n) is 5.60. The van der Waals surface area contributed by atoms with Crippen LogP contribution in [0.15, 0.2) is 60.7 Å². The van der Waals surface area contributed by atoms with Crippen LogP contribution in [0.1, 0.15) is 25.3 Å². The highest BCUT2D eigenvalue weighted by Gasteiger charge is 2.39. The zero-order chi connectivity index (χ0) is 22.2. The van der Waals surface area contributed by atoms with Gasteiger partial charge in [0.05, 0.1) is 5.92 Å². The normalized spacial score (nSPS) is 17.7. The molecular weight excluding hydrogens is 412 g/mol. The predicted octanol–water partition coefficient (Wildman–Crippen LogP) is 3.89. The molecule has 3 rings (SSSR count). The van der Waals surface area contributed by atoms with Crippen molar-refractivity contribution in [2.24, 2.45) is 11.8 Å². The first-order valence-corrected chi connectivity index (χ1v) is 11.6. The summed E-state index contributed by atoms with van der Waals surface area (Å²) < 4.78 is 0. The van der Waals surface area contributed by atoms with Crippen LogP contribution in [0.4, 0.5) is 5.69 Å². The first-order chi connectivity index (χ1) is 15.0. The number of carbonyl (C=O) groups excluding carboxylic acids is 2. The minimum absolute atomic E-state index is 0.223. The number of nitrogens with one attached hydrogen (secondary N) is 1. The Bertz CT molecular complexity index is 891. The fraction of sp³-hybridized carbons (Fsp3) is 0.375. The van der Waals surface area contributed by atoms with Crippen LogP contribution in [-0.4, -0.2) is 46.1 Å². The number of carbonyl (C=O) groups is 3. The molecule has 1 fully saturated rings. The van der Waals surface area contributed by atoms with Gasteiger partial charge in [-0.25, -0.2) is 4.79 Å². The summed E-state index contributed by atoms with van der Waals surface area (Å²) in [5, 5.41) is 12.4. The van der Waals surface area contributed by atoms with E-state index in [0.717, 1.165) is 11.3 Å². The number of thioether (sulfide) groups is 1. The molecule has 7 heteroatoms. The van der Waals surface area contributed by atoms with Crippen molar-refractivity contribution in [3.8, 4) is 0 Å². The van der Waals surface area contributed by atoms with E-state index in [-0.39, 0.29) is 11.8 Å². The van der Waals surface area contributed by atoms with Crippen molar-refractivity contribution < 1.29 is 19.5 Å². The van der Waals surface area contributed by atoms with Crippen molar-refractivity contribution in [3.63, 3.8) is 0 Å². The number of anilines is 1. The molecule has 2 amide bonds. The van der Waals surface area contributed by atoms with Crippen molar-refractivity contribution in [2.45, 2.75) is 31.6 Å². The minimum atomic E-state index is -0.984. The number of carboxylic acid groups (broad SMARTS) is 1. The third-order valence-corrected chi connectivity index (χ3v) is 6.73. The summed E-state index contributed by atoms with van der Waals surface area (Å²) in [6.07, 6.45) is 1.12. The van der Waals surface area contributed by atoms with Crippen LogP contribution in [0.2, 0.25) is 0 Å². The van der Waals surface area contributed by atoms with Gasteiger partial charge in [-0.3, -0.25) is 9.59 Å². The Morgan fingerprint density at radius 2 is 1.74 bits per heavy atom. The van der Waals surface area contributed by atoms with Gasteiger partial charge < -0.3 is 15.3 Å². The summed E-state index contributed by atoms with van der Waals surface area (Å²) in [4.78, 5) is 39.2. The quantitative estimate of drug-likeness (QED) is 0.618. The van der Waals surface area contributed by atoms with E-state index in [1.165, 1.54) is 4.90 Å². The molecule has 164 valence electrons. The maximum absolute atomic E-state index is 13.2.